The van der Waals surface area contributed by atoms with E-state index in [2.05, 4.69) is 4.98 Å². The molecule has 1 heterocycles. The normalized spacial score (nSPS) is 14.8. The summed E-state index contributed by atoms with van der Waals surface area (Å²) in [6.45, 7) is -0.0210. The fourth-order valence-corrected chi connectivity index (χ4v) is 1.79. The van der Waals surface area contributed by atoms with Crippen LogP contribution in [0.3, 0.4) is 0 Å². The zero-order chi connectivity index (χ0) is 12.4. The second kappa shape index (κ2) is 4.67. The van der Waals surface area contributed by atoms with Gasteiger partial charge in [-0.25, -0.2) is 0 Å². The standard InChI is InChI=1S/C12H14N2O3/c13-4-11(16)12(17)7-1-2-10-9(3-7)8(6-15)5-14-10/h1-3,5-6,11-12,14,16-17H,4,13H2. The van der Waals surface area contributed by atoms with Gasteiger partial charge in [0.25, 0.3) is 0 Å². The van der Waals surface area contributed by atoms with Crippen LogP contribution >= 0.6 is 0 Å². The number of nitrogens with two attached hydrogens (primary N) is 1. The van der Waals surface area contributed by atoms with Crippen LogP contribution in [-0.4, -0.2) is 34.1 Å². The second-order valence-electron chi connectivity index (χ2n) is 3.91. The molecule has 0 saturated heterocycles. The van der Waals surface area contributed by atoms with Crippen LogP contribution in [0.1, 0.15) is 22.0 Å². The Labute approximate surface area is 97.9 Å². The molecule has 1 aromatic heterocycles. The van der Waals surface area contributed by atoms with Crippen LogP contribution in [0.4, 0.5) is 0 Å². The number of aromatic nitrogens is 1. The molecule has 0 amide bonds. The highest BCUT2D eigenvalue weighted by Crippen LogP contribution is 2.23. The maximum atomic E-state index is 10.8. The molecule has 0 aliphatic carbocycles. The molecule has 2 rings (SSSR count). The molecular weight excluding hydrogens is 220 g/mol. The van der Waals surface area contributed by atoms with Crippen LogP contribution in [0, 0.1) is 0 Å². The van der Waals surface area contributed by atoms with Gasteiger partial charge in [-0.2, -0.15) is 0 Å². The van der Waals surface area contributed by atoms with Gasteiger partial charge in [0.1, 0.15) is 6.10 Å². The smallest absolute Gasteiger partial charge is 0.152 e. The molecule has 0 fully saturated rings. The number of rotatable bonds is 4. The number of carbonyl (C=O) groups is 1. The molecule has 5 nitrogen and oxygen atoms in total. The van der Waals surface area contributed by atoms with Crippen LogP contribution in [-0.2, 0) is 0 Å². The third kappa shape index (κ3) is 2.08. The van der Waals surface area contributed by atoms with E-state index >= 15 is 0 Å². The lowest BCUT2D eigenvalue weighted by atomic mass is 10.0. The number of nitrogens with one attached hydrogen (secondary N) is 1. The molecular formula is C12H14N2O3. The average Bonchev–Trinajstić information content (AvgIpc) is 2.78. The van der Waals surface area contributed by atoms with Gasteiger partial charge in [-0.15, -0.1) is 0 Å². The summed E-state index contributed by atoms with van der Waals surface area (Å²) in [4.78, 5) is 13.7. The molecule has 0 radical (unpaired) electrons. The summed E-state index contributed by atoms with van der Waals surface area (Å²) in [6.07, 6.45) is 0.298. The largest absolute Gasteiger partial charge is 0.389 e. The van der Waals surface area contributed by atoms with Crippen LogP contribution in [0.15, 0.2) is 24.4 Å². The molecule has 5 N–H and O–H groups in total. The third-order valence-corrected chi connectivity index (χ3v) is 2.81. The summed E-state index contributed by atoms with van der Waals surface area (Å²) in [5.41, 5.74) is 7.16. The molecule has 2 atom stereocenters. The number of fused-ring (bicyclic) bond motifs is 1. The van der Waals surface area contributed by atoms with Crippen molar-refractivity contribution in [2.75, 3.05) is 6.54 Å². The first-order chi connectivity index (χ1) is 8.17. The van der Waals surface area contributed by atoms with Crippen molar-refractivity contribution < 1.29 is 15.0 Å². The zero-order valence-electron chi connectivity index (χ0n) is 9.13. The molecule has 0 saturated carbocycles. The van der Waals surface area contributed by atoms with Gasteiger partial charge < -0.3 is 20.9 Å². The Balaban J connectivity index is 2.45. The molecule has 0 spiro atoms. The van der Waals surface area contributed by atoms with Crippen molar-refractivity contribution in [3.05, 3.63) is 35.5 Å². The Hall–Kier alpha value is -1.69. The number of aliphatic hydroxyl groups is 2. The fourth-order valence-electron chi connectivity index (χ4n) is 1.79. The van der Waals surface area contributed by atoms with Crippen molar-refractivity contribution in [1.82, 2.24) is 4.98 Å². The van der Waals surface area contributed by atoms with Crippen molar-refractivity contribution in [2.24, 2.45) is 5.73 Å². The minimum absolute atomic E-state index is 0.0210. The third-order valence-electron chi connectivity index (χ3n) is 2.81. The van der Waals surface area contributed by atoms with E-state index in [0.717, 1.165) is 17.2 Å². The number of hydrogen-bond acceptors (Lipinski definition) is 4. The van der Waals surface area contributed by atoms with Crippen LogP contribution < -0.4 is 5.73 Å². The maximum Gasteiger partial charge on any atom is 0.152 e. The minimum Gasteiger partial charge on any atom is -0.389 e. The first-order valence-corrected chi connectivity index (χ1v) is 5.29. The van der Waals surface area contributed by atoms with E-state index in [-0.39, 0.29) is 6.54 Å². The fraction of sp³-hybridized carbons (Fsp3) is 0.250. The van der Waals surface area contributed by atoms with Gasteiger partial charge >= 0.3 is 0 Å². The topological polar surface area (TPSA) is 99.3 Å². The van der Waals surface area contributed by atoms with Gasteiger partial charge in [-0.3, -0.25) is 4.79 Å². The molecule has 5 heteroatoms. The Morgan fingerprint density at radius 3 is 2.82 bits per heavy atom. The van der Waals surface area contributed by atoms with Crippen LogP contribution in [0.2, 0.25) is 0 Å². The minimum atomic E-state index is -1.04. The van der Waals surface area contributed by atoms with Gasteiger partial charge in [-0.05, 0) is 17.7 Å². The van der Waals surface area contributed by atoms with E-state index in [1.54, 1.807) is 24.4 Å². The van der Waals surface area contributed by atoms with Crippen molar-refractivity contribution in [2.45, 2.75) is 12.2 Å². The molecule has 2 unspecified atom stereocenters. The summed E-state index contributed by atoms with van der Waals surface area (Å²) in [5, 5.41) is 20.0. The molecule has 1 aromatic carbocycles. The molecule has 0 aliphatic heterocycles. The van der Waals surface area contributed by atoms with E-state index in [1.807, 2.05) is 0 Å². The summed E-state index contributed by atoms with van der Waals surface area (Å²) in [7, 11) is 0. The average molecular weight is 234 g/mol. The van der Waals surface area contributed by atoms with Gasteiger partial charge in [-0.1, -0.05) is 6.07 Å². The number of hydrogen-bond donors (Lipinski definition) is 4. The summed E-state index contributed by atoms with van der Waals surface area (Å²) < 4.78 is 0. The summed E-state index contributed by atoms with van der Waals surface area (Å²) in [6, 6.07) is 5.13. The van der Waals surface area contributed by atoms with Gasteiger partial charge in [0.2, 0.25) is 0 Å². The molecule has 90 valence electrons. The highest BCUT2D eigenvalue weighted by molar-refractivity contribution is 5.97. The quantitative estimate of drug-likeness (QED) is 0.573. The number of aliphatic hydroxyl groups excluding tert-OH is 2. The first kappa shape index (κ1) is 11.8. The van der Waals surface area contributed by atoms with E-state index in [4.69, 9.17) is 5.73 Å². The lowest BCUT2D eigenvalue weighted by molar-refractivity contribution is 0.0244. The Morgan fingerprint density at radius 1 is 1.41 bits per heavy atom. The van der Waals surface area contributed by atoms with E-state index in [0.29, 0.717) is 11.1 Å². The second-order valence-corrected chi connectivity index (χ2v) is 3.91. The lowest BCUT2D eigenvalue weighted by Crippen LogP contribution is -2.27. The van der Waals surface area contributed by atoms with E-state index in [1.165, 1.54) is 0 Å². The number of carbonyl (C=O) groups excluding carboxylic acids is 1. The molecule has 0 aliphatic rings. The lowest BCUT2D eigenvalue weighted by Gasteiger charge is -2.16. The van der Waals surface area contributed by atoms with Crippen molar-refractivity contribution in [1.29, 1.82) is 0 Å². The highest BCUT2D eigenvalue weighted by atomic mass is 16.3. The summed E-state index contributed by atoms with van der Waals surface area (Å²) in [5.74, 6) is 0. The molecule has 17 heavy (non-hydrogen) atoms. The predicted octanol–water partition coefficient (Wildman–Crippen LogP) is 0.333. The maximum absolute atomic E-state index is 10.8. The Morgan fingerprint density at radius 2 is 2.18 bits per heavy atom. The van der Waals surface area contributed by atoms with Gasteiger partial charge in [0.15, 0.2) is 6.29 Å². The van der Waals surface area contributed by atoms with Gasteiger partial charge in [0.05, 0.1) is 6.10 Å². The summed E-state index contributed by atoms with van der Waals surface area (Å²) >= 11 is 0. The number of benzene rings is 1. The Bertz CT molecular complexity index is 536. The monoisotopic (exact) mass is 234 g/mol. The predicted molar refractivity (Wildman–Crippen MR) is 63.7 cm³/mol. The van der Waals surface area contributed by atoms with Gasteiger partial charge in [0, 0.05) is 29.2 Å². The van der Waals surface area contributed by atoms with E-state index < -0.39 is 12.2 Å². The SMILES string of the molecule is NCC(O)C(O)c1ccc2[nH]cc(C=O)c2c1. The molecule has 2 aromatic rings. The van der Waals surface area contributed by atoms with Crippen LogP contribution in [0.25, 0.3) is 10.9 Å². The van der Waals surface area contributed by atoms with E-state index in [9.17, 15) is 15.0 Å². The highest BCUT2D eigenvalue weighted by Gasteiger charge is 2.17. The van der Waals surface area contributed by atoms with Crippen molar-refractivity contribution in [3.63, 3.8) is 0 Å². The Kier molecular flexibility index (Phi) is 3.23. The number of aromatic amines is 1. The number of H-pyrrole nitrogens is 1. The number of aldehydes is 1. The molecule has 0 bridgehead atoms. The zero-order valence-corrected chi connectivity index (χ0v) is 9.13. The van der Waals surface area contributed by atoms with Crippen LogP contribution in [0.5, 0.6) is 0 Å². The first-order valence-electron chi connectivity index (χ1n) is 5.29. The van der Waals surface area contributed by atoms with Crippen molar-refractivity contribution >= 4 is 17.2 Å². The van der Waals surface area contributed by atoms with Crippen molar-refractivity contribution in [3.8, 4) is 0 Å².